The van der Waals surface area contributed by atoms with Crippen molar-refractivity contribution >= 4 is 11.8 Å². The molecule has 14 heavy (non-hydrogen) atoms. The van der Waals surface area contributed by atoms with Crippen LogP contribution in [0.25, 0.3) is 0 Å². The Kier molecular flexibility index (Phi) is 5.04. The molecule has 2 rings (SSSR count). The van der Waals surface area contributed by atoms with Gasteiger partial charge in [0.1, 0.15) is 0 Å². The van der Waals surface area contributed by atoms with Gasteiger partial charge in [0.2, 0.25) is 11.8 Å². The van der Waals surface area contributed by atoms with Gasteiger partial charge >= 0.3 is 17.1 Å². The summed E-state index contributed by atoms with van der Waals surface area (Å²) >= 11 is 0. The van der Waals surface area contributed by atoms with Crippen LogP contribution >= 0.6 is 0 Å². The van der Waals surface area contributed by atoms with Crippen molar-refractivity contribution < 1.29 is 55.8 Å². The quantitative estimate of drug-likeness (QED) is 0.325. The molecule has 0 atom stereocenters. The Morgan fingerprint density at radius 2 is 1.36 bits per heavy atom. The normalized spacial score (nSPS) is 13.1. The third-order valence-corrected chi connectivity index (χ3v) is 1.88. The van der Waals surface area contributed by atoms with Gasteiger partial charge in [-0.15, -0.1) is 0 Å². The van der Waals surface area contributed by atoms with Gasteiger partial charge in [0, 0.05) is 40.3 Å². The number of benzene rings is 1. The first-order valence-corrected chi connectivity index (χ1v) is 3.50. The fourth-order valence-corrected chi connectivity index (χ4v) is 1.24. The number of carbonyl (C=O) groups excluding carboxylic acids is 2. The minimum absolute atomic E-state index is 0. The molecule has 2 amide bonds. The van der Waals surface area contributed by atoms with Crippen LogP contribution in [-0.4, -0.2) is 16.7 Å². The fraction of sp³-hybridized carbons (Fsp3) is 0. The number of hydrogen-bond donors (Lipinski definition) is 0. The van der Waals surface area contributed by atoms with Gasteiger partial charge in [-0.2, -0.15) is 0 Å². The summed E-state index contributed by atoms with van der Waals surface area (Å²) in [6.07, 6.45) is 0. The second kappa shape index (κ2) is 5.09. The molecule has 0 spiro atoms. The van der Waals surface area contributed by atoms with E-state index in [0.717, 1.165) is 4.90 Å². The molecule has 0 aromatic heterocycles. The molecular weight excluding hydrogens is 462 g/mol. The Labute approximate surface area is 114 Å². The molecule has 0 fully saturated rings. The van der Waals surface area contributed by atoms with Crippen molar-refractivity contribution in [3.05, 3.63) is 42.4 Å². The average Bonchev–Trinajstić information content (AvgIpc) is 2.33. The third kappa shape index (κ3) is 1.94. The van der Waals surface area contributed by atoms with E-state index in [1.54, 1.807) is 24.3 Å². The first-order chi connectivity index (χ1) is 5.72. The van der Waals surface area contributed by atoms with Gasteiger partial charge in [-0.05, 0) is 12.1 Å². The smallest absolute Gasteiger partial charge is 0.430 e. The summed E-state index contributed by atoms with van der Waals surface area (Å²) in [6, 6.07) is 6.70. The molecule has 76 valence electrons. The van der Waals surface area contributed by atoms with E-state index in [9.17, 15) is 9.59 Å². The van der Waals surface area contributed by atoms with Gasteiger partial charge in [-0.3, -0.25) is 9.59 Å². The van der Waals surface area contributed by atoms with Crippen LogP contribution in [0.1, 0.15) is 20.7 Å². The van der Waals surface area contributed by atoms with E-state index in [-0.39, 0.29) is 58.1 Å². The van der Waals surface area contributed by atoms with Crippen molar-refractivity contribution in [3.63, 3.8) is 0 Å². The van der Waals surface area contributed by atoms with E-state index in [1.165, 1.54) is 0 Å². The zero-order valence-corrected chi connectivity index (χ0v) is 11.3. The maximum absolute atomic E-state index is 11.2. The molecule has 5 heteroatoms. The molecule has 0 aliphatic carbocycles. The molecule has 1 aromatic rings. The van der Waals surface area contributed by atoms with E-state index in [4.69, 9.17) is 0 Å². The largest absolute Gasteiger partial charge is 1.00 e. The zero-order valence-electron chi connectivity index (χ0n) is 6.99. The molecule has 0 saturated heterocycles. The molecule has 1 aromatic carbocycles. The van der Waals surface area contributed by atoms with E-state index >= 15 is 0 Å². The van der Waals surface area contributed by atoms with Crippen LogP contribution in [0.15, 0.2) is 24.3 Å². The second-order valence-corrected chi connectivity index (χ2v) is 2.58. The summed E-state index contributed by atoms with van der Waals surface area (Å²) in [6.45, 7) is 0. The Bertz CT molecular complexity index is 346. The number of fused-ring (bicyclic) bond motifs is 1. The molecule has 3 nitrogen and oxygen atoms in total. The van der Waals surface area contributed by atoms with Crippen molar-refractivity contribution in [1.82, 2.24) is 4.90 Å². The maximum atomic E-state index is 11.2. The number of rotatable bonds is 0. The van der Waals surface area contributed by atoms with Gasteiger partial charge in [0.25, 0.3) is 0 Å². The van der Waals surface area contributed by atoms with Crippen molar-refractivity contribution in [3.8, 4) is 0 Å². The van der Waals surface area contributed by atoms with Gasteiger partial charge in [-0.25, -0.2) is 7.05 Å². The molecular formula is C9H6CuNO2Pu. The molecule has 0 radical (unpaired) electrons. The van der Waals surface area contributed by atoms with Gasteiger partial charge in [-0.1, -0.05) is 12.1 Å². The second-order valence-electron chi connectivity index (χ2n) is 2.58. The van der Waals surface area contributed by atoms with Crippen LogP contribution in [0.5, 0.6) is 0 Å². The van der Waals surface area contributed by atoms with Crippen molar-refractivity contribution in [2.45, 2.75) is 0 Å². The van der Waals surface area contributed by atoms with Crippen LogP contribution in [0, 0.1) is 36.2 Å². The van der Waals surface area contributed by atoms with E-state index in [0.29, 0.717) is 11.1 Å². The minimum Gasteiger partial charge on any atom is -0.430 e. The van der Waals surface area contributed by atoms with Crippen LogP contribution in [-0.2, 0) is 17.1 Å². The Morgan fingerprint density at radius 3 is 1.71 bits per heavy atom. The molecule has 1 aliphatic heterocycles. The number of nitrogens with zero attached hydrogens (tertiary/aromatic N) is 1. The van der Waals surface area contributed by atoms with Crippen LogP contribution in [0.2, 0.25) is 0 Å². The average molecular weight is 468 g/mol. The molecule has 0 N–H and O–H groups in total. The summed E-state index contributed by atoms with van der Waals surface area (Å²) < 4.78 is 0. The Morgan fingerprint density at radius 1 is 1.00 bits per heavy atom. The first kappa shape index (κ1) is 13.9. The molecule has 0 unspecified atom stereocenters. The van der Waals surface area contributed by atoms with Crippen molar-refractivity contribution in [2.24, 2.45) is 0 Å². The van der Waals surface area contributed by atoms with Gasteiger partial charge in [0.05, 0.1) is 0 Å². The fourth-order valence-electron chi connectivity index (χ4n) is 1.24. The summed E-state index contributed by atoms with van der Waals surface area (Å²) in [5.74, 6) is -0.647. The third-order valence-electron chi connectivity index (χ3n) is 1.88. The van der Waals surface area contributed by atoms with E-state index < -0.39 is 0 Å². The molecule has 1 heterocycles. The monoisotopic (exact) mass is 461 g/mol. The molecule has 0 saturated carbocycles. The number of hydrogen-bond acceptors (Lipinski definition) is 2. The zero-order chi connectivity index (χ0) is 8.72. The SMILES string of the molecule is [CH2-]N1C(=O)c2ccccc2C1=O.[Cu+].[Pu]. The number of amides is 2. The van der Waals surface area contributed by atoms with Crippen molar-refractivity contribution in [1.29, 1.82) is 0 Å². The standard InChI is InChI=1S/C9H6NO2.Cu.Pu/c1-10-8(11)6-4-2-3-5-7(6)9(10)12;;/h2-5H,1H2;;/q-1;+1;. The van der Waals surface area contributed by atoms with Crippen LogP contribution in [0.4, 0.5) is 0 Å². The van der Waals surface area contributed by atoms with Crippen LogP contribution in [0.3, 0.4) is 0 Å². The summed E-state index contributed by atoms with van der Waals surface area (Å²) in [5, 5.41) is 0. The summed E-state index contributed by atoms with van der Waals surface area (Å²) in [4.78, 5) is 23.4. The summed E-state index contributed by atoms with van der Waals surface area (Å²) in [5.41, 5.74) is 0.884. The van der Waals surface area contributed by atoms with E-state index in [2.05, 4.69) is 7.05 Å². The Hall–Kier alpha value is -0.134. The number of carbonyl (C=O) groups is 2. The van der Waals surface area contributed by atoms with E-state index in [1.807, 2.05) is 0 Å². The molecule has 1 aliphatic rings. The predicted octanol–water partition coefficient (Wildman–Crippen LogP) is 1.07. The topological polar surface area (TPSA) is 37.4 Å². The van der Waals surface area contributed by atoms with Gasteiger partial charge in [0.15, 0.2) is 0 Å². The Balaban J connectivity index is 0.000000845. The minimum atomic E-state index is -0.324. The number of imide groups is 1. The van der Waals surface area contributed by atoms with Crippen LogP contribution < -0.4 is 0 Å². The first-order valence-electron chi connectivity index (χ1n) is 3.50. The van der Waals surface area contributed by atoms with Gasteiger partial charge < -0.3 is 4.90 Å². The van der Waals surface area contributed by atoms with Crippen molar-refractivity contribution in [2.75, 3.05) is 0 Å². The molecule has 0 bridgehead atoms. The predicted molar refractivity (Wildman–Crippen MR) is 42.3 cm³/mol. The summed E-state index contributed by atoms with van der Waals surface area (Å²) in [7, 11) is 3.35. The maximum Gasteiger partial charge on any atom is 1.00 e.